The van der Waals surface area contributed by atoms with Gasteiger partial charge >= 0.3 is 5.97 Å². The Bertz CT molecular complexity index is 1570. The third-order valence-electron chi connectivity index (χ3n) is 7.30. The maximum Gasteiger partial charge on any atom is 0.326 e. The van der Waals surface area contributed by atoms with Crippen molar-refractivity contribution in [2.24, 2.45) is 5.92 Å². The van der Waals surface area contributed by atoms with Gasteiger partial charge < -0.3 is 20.5 Å². The number of hydrogen-bond acceptors (Lipinski definition) is 4. The Balaban J connectivity index is 1.49. The van der Waals surface area contributed by atoms with Crippen LogP contribution in [0.3, 0.4) is 0 Å². The number of benzene rings is 4. The number of carboxylic acids is 1. The lowest BCUT2D eigenvalue weighted by Gasteiger charge is -2.19. The van der Waals surface area contributed by atoms with Gasteiger partial charge in [-0.2, -0.15) is 0 Å². The molecule has 0 saturated heterocycles. The largest absolute Gasteiger partial charge is 0.480 e. The van der Waals surface area contributed by atoms with Crippen molar-refractivity contribution < 1.29 is 24.2 Å². The summed E-state index contributed by atoms with van der Waals surface area (Å²) in [5, 5.41) is 15.5. The lowest BCUT2D eigenvalue weighted by molar-refractivity contribution is -0.139. The van der Waals surface area contributed by atoms with Gasteiger partial charge in [0.15, 0.2) is 0 Å². The number of para-hydroxylation sites is 2. The Morgan fingerprint density at radius 3 is 2.16 bits per heavy atom. The van der Waals surface area contributed by atoms with E-state index in [9.17, 15) is 19.5 Å². The zero-order valence-electron chi connectivity index (χ0n) is 24.9. The van der Waals surface area contributed by atoms with Crippen LogP contribution >= 0.6 is 15.9 Å². The normalized spacial score (nSPS) is 11.5. The molecule has 0 saturated carbocycles. The summed E-state index contributed by atoms with van der Waals surface area (Å²) in [6.07, 6.45) is 3.34. The van der Waals surface area contributed by atoms with Crippen LogP contribution in [0.25, 0.3) is 11.1 Å². The molecule has 0 radical (unpaired) electrons. The van der Waals surface area contributed by atoms with Crippen LogP contribution < -0.4 is 15.4 Å². The lowest BCUT2D eigenvalue weighted by Crippen LogP contribution is -2.42. The molecule has 4 rings (SSSR count). The van der Waals surface area contributed by atoms with Crippen LogP contribution in [-0.4, -0.2) is 28.9 Å². The maximum atomic E-state index is 13.4. The number of amides is 2. The van der Waals surface area contributed by atoms with Crippen molar-refractivity contribution in [2.75, 3.05) is 5.32 Å². The van der Waals surface area contributed by atoms with E-state index in [-0.39, 0.29) is 23.8 Å². The van der Waals surface area contributed by atoms with Crippen LogP contribution in [0, 0.1) is 5.92 Å². The first kappa shape index (κ1) is 32.5. The molecule has 0 heterocycles. The smallest absolute Gasteiger partial charge is 0.326 e. The molecule has 0 aliphatic carbocycles. The van der Waals surface area contributed by atoms with Crippen molar-refractivity contribution >= 4 is 39.4 Å². The summed E-state index contributed by atoms with van der Waals surface area (Å²) in [6, 6.07) is 28.6. The second-order valence-electron chi connectivity index (χ2n) is 10.6. The fourth-order valence-electron chi connectivity index (χ4n) is 5.05. The highest BCUT2D eigenvalue weighted by Gasteiger charge is 2.25. The molecule has 7 nitrogen and oxygen atoms in total. The summed E-state index contributed by atoms with van der Waals surface area (Å²) < 4.78 is 6.74. The minimum atomic E-state index is -1.18. The number of rotatable bonds is 14. The molecule has 0 unspecified atom stereocenters. The monoisotopic (exact) mass is 656 g/mol. The topological polar surface area (TPSA) is 105 Å². The Labute approximate surface area is 266 Å². The lowest BCUT2D eigenvalue weighted by atomic mass is 9.97. The SMILES string of the molecule is CCCC(CCC)C(=O)Nc1ccc(Br)cc1C(=O)N[C@@H](Cc1ccc(-c2ccccc2Oc2ccccc2)cc1)C(=O)O. The predicted molar refractivity (Wildman–Crippen MR) is 177 cm³/mol. The van der Waals surface area contributed by atoms with Crippen LogP contribution in [0.1, 0.15) is 55.5 Å². The first-order valence-corrected chi connectivity index (χ1v) is 15.6. The van der Waals surface area contributed by atoms with Gasteiger partial charge in [-0.15, -0.1) is 0 Å². The zero-order chi connectivity index (χ0) is 31.5. The summed E-state index contributed by atoms with van der Waals surface area (Å²) in [4.78, 5) is 38.6. The highest BCUT2D eigenvalue weighted by Crippen LogP contribution is 2.33. The number of carboxylic acid groups (broad SMARTS) is 1. The van der Waals surface area contributed by atoms with Crippen molar-refractivity contribution in [2.45, 2.75) is 52.0 Å². The number of nitrogens with one attached hydrogen (secondary N) is 2. The van der Waals surface area contributed by atoms with Crippen molar-refractivity contribution in [3.05, 3.63) is 113 Å². The van der Waals surface area contributed by atoms with E-state index in [0.29, 0.717) is 15.9 Å². The Hall–Kier alpha value is -4.43. The molecule has 4 aromatic carbocycles. The highest BCUT2D eigenvalue weighted by molar-refractivity contribution is 9.10. The van der Waals surface area contributed by atoms with Gasteiger partial charge in [-0.3, -0.25) is 9.59 Å². The first-order chi connectivity index (χ1) is 21.3. The average Bonchev–Trinajstić information content (AvgIpc) is 3.02. The summed E-state index contributed by atoms with van der Waals surface area (Å²) >= 11 is 3.39. The Morgan fingerprint density at radius 1 is 0.841 bits per heavy atom. The fraction of sp³-hybridized carbons (Fsp3) is 0.250. The Kier molecular flexibility index (Phi) is 11.7. The molecule has 0 bridgehead atoms. The van der Waals surface area contributed by atoms with Crippen LogP contribution in [0.4, 0.5) is 5.69 Å². The van der Waals surface area contributed by atoms with Gasteiger partial charge in [-0.05, 0) is 60.4 Å². The van der Waals surface area contributed by atoms with Gasteiger partial charge in [0.05, 0.1) is 11.3 Å². The molecule has 8 heteroatoms. The van der Waals surface area contributed by atoms with Gasteiger partial charge in [0.1, 0.15) is 17.5 Å². The molecule has 0 spiro atoms. The third-order valence-corrected chi connectivity index (χ3v) is 7.79. The third kappa shape index (κ3) is 8.80. The van der Waals surface area contributed by atoms with Crippen molar-refractivity contribution in [1.82, 2.24) is 5.32 Å². The van der Waals surface area contributed by atoms with Gasteiger partial charge in [0, 0.05) is 22.4 Å². The molecule has 0 aromatic heterocycles. The van der Waals surface area contributed by atoms with E-state index >= 15 is 0 Å². The highest BCUT2D eigenvalue weighted by atomic mass is 79.9. The second-order valence-corrected chi connectivity index (χ2v) is 11.5. The van der Waals surface area contributed by atoms with Crippen molar-refractivity contribution in [1.29, 1.82) is 0 Å². The number of hydrogen-bond donors (Lipinski definition) is 3. The van der Waals surface area contributed by atoms with E-state index in [1.165, 1.54) is 0 Å². The number of ether oxygens (including phenoxy) is 1. The summed E-state index contributed by atoms with van der Waals surface area (Å²) in [5.41, 5.74) is 3.09. The molecule has 0 aliphatic heterocycles. The summed E-state index contributed by atoms with van der Waals surface area (Å²) in [7, 11) is 0. The van der Waals surface area contributed by atoms with Crippen molar-refractivity contribution in [3.8, 4) is 22.6 Å². The second kappa shape index (κ2) is 15.9. The van der Waals surface area contributed by atoms with Crippen molar-refractivity contribution in [3.63, 3.8) is 0 Å². The fourth-order valence-corrected chi connectivity index (χ4v) is 5.41. The summed E-state index contributed by atoms with van der Waals surface area (Å²) in [5.74, 6) is -0.608. The minimum Gasteiger partial charge on any atom is -0.480 e. The van der Waals surface area contributed by atoms with Crippen LogP contribution in [0.2, 0.25) is 0 Å². The number of carbonyl (C=O) groups is 3. The Morgan fingerprint density at radius 2 is 1.50 bits per heavy atom. The van der Waals surface area contributed by atoms with Crippen LogP contribution in [0.5, 0.6) is 11.5 Å². The molecule has 0 aliphatic rings. The van der Waals surface area contributed by atoms with Gasteiger partial charge in [-0.25, -0.2) is 4.79 Å². The summed E-state index contributed by atoms with van der Waals surface area (Å²) in [6.45, 7) is 4.07. The molecule has 228 valence electrons. The first-order valence-electron chi connectivity index (χ1n) is 14.8. The number of aliphatic carboxylic acids is 1. The maximum absolute atomic E-state index is 13.4. The van der Waals surface area contributed by atoms with E-state index in [1.807, 2.05) is 92.7 Å². The van der Waals surface area contributed by atoms with E-state index in [2.05, 4.69) is 26.6 Å². The molecular weight excluding hydrogens is 620 g/mol. The number of anilines is 1. The van der Waals surface area contributed by atoms with Gasteiger partial charge in [0.25, 0.3) is 5.91 Å². The van der Waals surface area contributed by atoms with Crippen LogP contribution in [0.15, 0.2) is 102 Å². The molecule has 4 aromatic rings. The number of carbonyl (C=O) groups excluding carboxylic acids is 2. The molecule has 44 heavy (non-hydrogen) atoms. The molecule has 1 atom stereocenters. The zero-order valence-corrected chi connectivity index (χ0v) is 26.5. The molecule has 0 fully saturated rings. The molecule has 2 amide bonds. The quantitative estimate of drug-likeness (QED) is 0.126. The molecule has 3 N–H and O–H groups in total. The van der Waals surface area contributed by atoms with E-state index in [0.717, 1.165) is 48.1 Å². The van der Waals surface area contributed by atoms with Gasteiger partial charge in [0.2, 0.25) is 5.91 Å². The van der Waals surface area contributed by atoms with E-state index in [1.54, 1.807) is 18.2 Å². The average molecular weight is 658 g/mol. The van der Waals surface area contributed by atoms with E-state index < -0.39 is 17.9 Å². The number of halogens is 1. The predicted octanol–water partition coefficient (Wildman–Crippen LogP) is 8.49. The van der Waals surface area contributed by atoms with Crippen LogP contribution in [-0.2, 0) is 16.0 Å². The standard InChI is InChI=1S/C36H37BrN2O5/c1-3-10-26(11-4-2)34(40)38-31-21-20-27(37)23-30(31)35(41)39-32(36(42)43)22-24-16-18-25(19-17-24)29-14-8-9-15-33(29)44-28-12-6-5-7-13-28/h5-9,12-21,23,26,32H,3-4,10-11,22H2,1-2H3,(H,38,40)(H,39,41)(H,42,43)/t32-/m0/s1. The van der Waals surface area contributed by atoms with Gasteiger partial charge in [-0.1, -0.05) is 103 Å². The van der Waals surface area contributed by atoms with E-state index in [4.69, 9.17) is 4.74 Å². The minimum absolute atomic E-state index is 0.0777. The molecular formula is C36H37BrN2O5.